The summed E-state index contributed by atoms with van der Waals surface area (Å²) in [5.41, 5.74) is 4.29. The third-order valence-electron chi connectivity index (χ3n) is 9.35. The number of thiophene rings is 1. The fraction of sp³-hybridized carbons (Fsp3) is 0.412. The fourth-order valence-corrected chi connectivity index (χ4v) is 9.31. The van der Waals surface area contributed by atoms with E-state index in [2.05, 4.69) is 39.7 Å². The van der Waals surface area contributed by atoms with E-state index in [1.54, 1.807) is 48.2 Å². The van der Waals surface area contributed by atoms with Crippen LogP contribution in [0.5, 0.6) is 0 Å². The van der Waals surface area contributed by atoms with Crippen molar-refractivity contribution in [3.05, 3.63) is 81.3 Å². The summed E-state index contributed by atoms with van der Waals surface area (Å²) in [6, 6.07) is 13.5. The molecule has 1 saturated carbocycles. The van der Waals surface area contributed by atoms with Crippen molar-refractivity contribution in [2.24, 2.45) is 5.92 Å². The third kappa shape index (κ3) is 5.89. The number of fused-ring (bicyclic) bond motifs is 1. The second kappa shape index (κ2) is 12.7. The number of aryl methyl sites for hydroxylation is 1. The van der Waals surface area contributed by atoms with Crippen LogP contribution in [0.3, 0.4) is 0 Å². The third-order valence-corrected chi connectivity index (χ3v) is 12.4. The molecule has 0 atom stereocenters. The van der Waals surface area contributed by atoms with Crippen molar-refractivity contribution >= 4 is 44.0 Å². The first-order valence-corrected chi connectivity index (χ1v) is 18.3. The average molecular weight is 659 g/mol. The van der Waals surface area contributed by atoms with Crippen LogP contribution < -0.4 is 10.9 Å². The minimum absolute atomic E-state index is 0.192. The van der Waals surface area contributed by atoms with Crippen LogP contribution in [0.15, 0.2) is 63.0 Å². The van der Waals surface area contributed by atoms with Crippen molar-refractivity contribution in [3.8, 4) is 11.1 Å². The number of ether oxygens (including phenoxy) is 1. The number of nitrogens with one attached hydrogen (secondary N) is 1. The van der Waals surface area contributed by atoms with Crippen LogP contribution in [0.25, 0.3) is 22.2 Å². The predicted molar refractivity (Wildman–Crippen MR) is 180 cm³/mol. The SMILES string of the molecule is Cc1nn(S(=O)(=O)c2cccs2)c(C)c1-c1cc2cnc(Nc3ccc(C4CCCCC4)cc3)nc2n(CC2CCOCC2)c1=O. The maximum atomic E-state index is 14.4. The highest BCUT2D eigenvalue weighted by Crippen LogP contribution is 2.34. The lowest BCUT2D eigenvalue weighted by atomic mass is 9.84. The van der Waals surface area contributed by atoms with E-state index in [-0.39, 0.29) is 15.7 Å². The molecule has 0 spiro atoms. The smallest absolute Gasteiger partial charge is 0.292 e. The largest absolute Gasteiger partial charge is 0.381 e. The standard InChI is InChI=1S/C34H38N6O4S2/c1-22-31(23(2)40(38-22)46(42,43)30-9-6-18-45-30)29-19-27-20-35-34(36-28-12-10-26(11-13-28)25-7-4-3-5-8-25)37-32(27)39(33(29)41)21-24-14-16-44-17-15-24/h6,9-13,18-20,24-25H,3-5,7-8,14-17,21H2,1-2H3,(H,35,36,37). The molecule has 5 aromatic rings. The van der Waals surface area contributed by atoms with Crippen LogP contribution in [0.2, 0.25) is 0 Å². The van der Waals surface area contributed by atoms with E-state index in [4.69, 9.17) is 9.72 Å². The average Bonchev–Trinajstić information content (AvgIpc) is 3.73. The molecule has 1 aromatic carbocycles. The highest BCUT2D eigenvalue weighted by atomic mass is 32.2. The summed E-state index contributed by atoms with van der Waals surface area (Å²) < 4.78 is 35.4. The normalized spacial score (nSPS) is 16.7. The minimum atomic E-state index is -3.90. The van der Waals surface area contributed by atoms with Crippen LogP contribution >= 0.6 is 11.3 Å². The zero-order valence-electron chi connectivity index (χ0n) is 26.1. The molecule has 10 nitrogen and oxygen atoms in total. The summed E-state index contributed by atoms with van der Waals surface area (Å²) >= 11 is 1.13. The number of anilines is 2. The first kappa shape index (κ1) is 30.8. The molecule has 2 aliphatic rings. The van der Waals surface area contributed by atoms with Crippen molar-refractivity contribution in [2.45, 2.75) is 75.5 Å². The number of hydrogen-bond acceptors (Lipinski definition) is 9. The molecule has 1 saturated heterocycles. The van der Waals surface area contributed by atoms with Gasteiger partial charge in [-0.15, -0.1) is 11.3 Å². The van der Waals surface area contributed by atoms with E-state index in [1.165, 1.54) is 37.7 Å². The molecule has 1 aliphatic heterocycles. The van der Waals surface area contributed by atoms with Crippen LogP contribution in [0, 0.1) is 19.8 Å². The monoisotopic (exact) mass is 658 g/mol. The Balaban J connectivity index is 1.28. The van der Waals surface area contributed by atoms with Gasteiger partial charge in [-0.1, -0.05) is 37.5 Å². The van der Waals surface area contributed by atoms with E-state index >= 15 is 0 Å². The topological polar surface area (TPSA) is 121 Å². The highest BCUT2D eigenvalue weighted by molar-refractivity contribution is 7.91. The Kier molecular flexibility index (Phi) is 8.51. The van der Waals surface area contributed by atoms with Gasteiger partial charge in [0.2, 0.25) is 5.95 Å². The van der Waals surface area contributed by atoms with Gasteiger partial charge in [-0.05, 0) is 86.6 Å². The Morgan fingerprint density at radius 2 is 1.78 bits per heavy atom. The Bertz CT molecular complexity index is 2020. The van der Waals surface area contributed by atoms with Crippen molar-refractivity contribution in [2.75, 3.05) is 18.5 Å². The van der Waals surface area contributed by atoms with Crippen LogP contribution in [0.4, 0.5) is 11.6 Å². The van der Waals surface area contributed by atoms with Crippen LogP contribution in [-0.2, 0) is 21.3 Å². The molecule has 0 amide bonds. The van der Waals surface area contributed by atoms with Crippen LogP contribution in [0.1, 0.15) is 67.8 Å². The van der Waals surface area contributed by atoms with Crippen molar-refractivity contribution in [3.63, 3.8) is 0 Å². The molecule has 5 heterocycles. The number of pyridine rings is 1. The number of aromatic nitrogens is 5. The summed E-state index contributed by atoms with van der Waals surface area (Å²) in [6.45, 7) is 5.20. The van der Waals surface area contributed by atoms with Gasteiger partial charge in [0, 0.05) is 42.6 Å². The maximum Gasteiger partial charge on any atom is 0.292 e. The predicted octanol–water partition coefficient (Wildman–Crippen LogP) is 6.79. The van der Waals surface area contributed by atoms with Gasteiger partial charge >= 0.3 is 0 Å². The molecule has 4 aromatic heterocycles. The summed E-state index contributed by atoms with van der Waals surface area (Å²) in [5.74, 6) is 1.28. The van der Waals surface area contributed by atoms with Gasteiger partial charge in [-0.3, -0.25) is 9.36 Å². The number of rotatable bonds is 8. The van der Waals surface area contributed by atoms with Crippen molar-refractivity contribution < 1.29 is 13.2 Å². The van der Waals surface area contributed by atoms with Gasteiger partial charge in [-0.2, -0.15) is 22.6 Å². The molecule has 0 radical (unpaired) electrons. The second-order valence-electron chi connectivity index (χ2n) is 12.4. The fourth-order valence-electron chi connectivity index (χ4n) is 6.90. The Morgan fingerprint density at radius 3 is 2.50 bits per heavy atom. The van der Waals surface area contributed by atoms with E-state index < -0.39 is 10.0 Å². The molecule has 1 N–H and O–H groups in total. The molecule has 0 unspecified atom stereocenters. The molecular formula is C34H38N6O4S2. The van der Waals surface area contributed by atoms with E-state index in [1.807, 2.05) is 0 Å². The minimum Gasteiger partial charge on any atom is -0.381 e. The Morgan fingerprint density at radius 1 is 1.02 bits per heavy atom. The quantitative estimate of drug-likeness (QED) is 0.194. The summed E-state index contributed by atoms with van der Waals surface area (Å²) in [5, 5.41) is 10.1. The summed E-state index contributed by atoms with van der Waals surface area (Å²) in [4.78, 5) is 23.9. The molecular weight excluding hydrogens is 621 g/mol. The first-order valence-electron chi connectivity index (χ1n) is 16.0. The molecule has 7 rings (SSSR count). The van der Waals surface area contributed by atoms with Gasteiger partial charge in [0.05, 0.1) is 17.0 Å². The number of benzene rings is 1. The Hall–Kier alpha value is -3.87. The van der Waals surface area contributed by atoms with Crippen molar-refractivity contribution in [1.29, 1.82) is 0 Å². The van der Waals surface area contributed by atoms with Gasteiger partial charge in [0.25, 0.3) is 15.6 Å². The molecule has 12 heteroatoms. The molecule has 2 fully saturated rings. The lowest BCUT2D eigenvalue weighted by Gasteiger charge is -2.24. The number of hydrogen-bond donors (Lipinski definition) is 1. The lowest BCUT2D eigenvalue weighted by molar-refractivity contribution is 0.0613. The van der Waals surface area contributed by atoms with Crippen molar-refractivity contribution in [1.82, 2.24) is 23.7 Å². The van der Waals surface area contributed by atoms with Gasteiger partial charge < -0.3 is 10.1 Å². The van der Waals surface area contributed by atoms with Crippen LogP contribution in [-0.4, -0.2) is 45.4 Å². The number of nitrogens with zero attached hydrogens (tertiary/aromatic N) is 5. The van der Waals surface area contributed by atoms with E-state index in [0.29, 0.717) is 65.2 Å². The zero-order chi connectivity index (χ0) is 31.8. The molecule has 240 valence electrons. The van der Waals surface area contributed by atoms with Gasteiger partial charge in [0.15, 0.2) is 0 Å². The van der Waals surface area contributed by atoms with Gasteiger partial charge in [-0.25, -0.2) is 4.98 Å². The Labute approximate surface area is 272 Å². The summed E-state index contributed by atoms with van der Waals surface area (Å²) in [6.07, 6.45) is 9.83. The molecule has 0 bridgehead atoms. The second-order valence-corrected chi connectivity index (χ2v) is 15.4. The maximum absolute atomic E-state index is 14.4. The zero-order valence-corrected chi connectivity index (χ0v) is 27.7. The summed E-state index contributed by atoms with van der Waals surface area (Å²) in [7, 11) is -3.90. The first-order chi connectivity index (χ1) is 22.3. The van der Waals surface area contributed by atoms with E-state index in [0.717, 1.165) is 34.0 Å². The van der Waals surface area contributed by atoms with Gasteiger partial charge in [0.1, 0.15) is 9.86 Å². The highest BCUT2D eigenvalue weighted by Gasteiger charge is 2.28. The lowest BCUT2D eigenvalue weighted by Crippen LogP contribution is -2.29. The van der Waals surface area contributed by atoms with E-state index in [9.17, 15) is 13.2 Å². The molecule has 46 heavy (non-hydrogen) atoms. The molecule has 1 aliphatic carbocycles.